The number of imidazole rings is 1. The lowest BCUT2D eigenvalue weighted by Crippen LogP contribution is -2.59. The standard InChI is InChI=1S/C22H32N6O/c23-21-18(3-1-6-25-21)15-27-11-12-29-22(16-27)13-19-4-5-20(14-22)28(19)9-2-8-26-10-7-24-17-26/h1,3,6-7,10,17,19-20H,2,4-5,8-9,11-16H2,(H2,23,25)/t19-,20+,22?. The van der Waals surface area contributed by atoms with E-state index in [0.29, 0.717) is 17.9 Å². The van der Waals surface area contributed by atoms with E-state index in [1.54, 1.807) is 6.20 Å². The van der Waals surface area contributed by atoms with Crippen molar-refractivity contribution in [2.75, 3.05) is 32.0 Å². The van der Waals surface area contributed by atoms with Gasteiger partial charge < -0.3 is 15.0 Å². The fourth-order valence-corrected chi connectivity index (χ4v) is 5.75. The van der Waals surface area contributed by atoms with E-state index in [2.05, 4.69) is 36.6 Å². The van der Waals surface area contributed by atoms with Crippen molar-refractivity contribution in [3.05, 3.63) is 42.6 Å². The number of piperidine rings is 1. The maximum absolute atomic E-state index is 6.47. The Kier molecular flexibility index (Phi) is 5.28. The van der Waals surface area contributed by atoms with Gasteiger partial charge in [-0.2, -0.15) is 0 Å². The van der Waals surface area contributed by atoms with Crippen molar-refractivity contribution in [1.29, 1.82) is 0 Å². The van der Waals surface area contributed by atoms with Gasteiger partial charge in [0, 0.05) is 69.0 Å². The monoisotopic (exact) mass is 396 g/mol. The van der Waals surface area contributed by atoms with Crippen LogP contribution in [-0.4, -0.2) is 68.3 Å². The summed E-state index contributed by atoms with van der Waals surface area (Å²) < 4.78 is 8.65. The first-order valence-electron chi connectivity index (χ1n) is 11.0. The third-order valence-electron chi connectivity index (χ3n) is 7.03. The lowest BCUT2D eigenvalue weighted by Gasteiger charge is -2.50. The zero-order valence-corrected chi connectivity index (χ0v) is 17.1. The van der Waals surface area contributed by atoms with Crippen molar-refractivity contribution in [3.63, 3.8) is 0 Å². The highest BCUT2D eigenvalue weighted by Gasteiger charge is 2.50. The van der Waals surface area contributed by atoms with E-state index in [9.17, 15) is 0 Å². The molecule has 29 heavy (non-hydrogen) atoms. The van der Waals surface area contributed by atoms with Crippen LogP contribution in [0.5, 0.6) is 0 Å². The number of aromatic nitrogens is 3. The van der Waals surface area contributed by atoms with E-state index in [1.807, 2.05) is 18.6 Å². The molecule has 3 saturated heterocycles. The Morgan fingerprint density at radius 2 is 2.03 bits per heavy atom. The first-order chi connectivity index (χ1) is 14.2. The maximum atomic E-state index is 6.47. The van der Waals surface area contributed by atoms with Crippen molar-refractivity contribution < 1.29 is 4.74 Å². The molecule has 3 atom stereocenters. The van der Waals surface area contributed by atoms with Gasteiger partial charge in [-0.25, -0.2) is 9.97 Å². The second-order valence-electron chi connectivity index (χ2n) is 8.98. The molecule has 3 aliphatic heterocycles. The Hall–Kier alpha value is -1.96. The number of hydrogen-bond acceptors (Lipinski definition) is 6. The number of fused-ring (bicyclic) bond motifs is 2. The van der Waals surface area contributed by atoms with Crippen LogP contribution in [0.25, 0.3) is 0 Å². The summed E-state index contributed by atoms with van der Waals surface area (Å²) in [6, 6.07) is 5.40. The zero-order valence-electron chi connectivity index (χ0n) is 17.1. The predicted octanol–water partition coefficient (Wildman–Crippen LogP) is 2.15. The summed E-state index contributed by atoms with van der Waals surface area (Å²) in [6.07, 6.45) is 13.7. The number of pyridine rings is 1. The highest BCUT2D eigenvalue weighted by Crippen LogP contribution is 2.44. The molecule has 7 heteroatoms. The number of nitrogen functional groups attached to an aromatic ring is 1. The van der Waals surface area contributed by atoms with Crippen LogP contribution in [0.3, 0.4) is 0 Å². The second-order valence-corrected chi connectivity index (χ2v) is 8.98. The number of morpholine rings is 1. The molecule has 0 aliphatic carbocycles. The Morgan fingerprint density at radius 1 is 1.17 bits per heavy atom. The molecule has 1 spiro atoms. The van der Waals surface area contributed by atoms with Crippen LogP contribution in [0.4, 0.5) is 5.82 Å². The Balaban J connectivity index is 1.19. The van der Waals surface area contributed by atoms with Crippen molar-refractivity contribution in [2.45, 2.75) is 62.9 Å². The molecule has 0 saturated carbocycles. The van der Waals surface area contributed by atoms with Crippen LogP contribution in [0.1, 0.15) is 37.7 Å². The molecule has 2 N–H and O–H groups in total. The first-order valence-corrected chi connectivity index (χ1v) is 11.0. The zero-order chi connectivity index (χ0) is 19.7. The summed E-state index contributed by atoms with van der Waals surface area (Å²) >= 11 is 0. The molecule has 2 bridgehead atoms. The van der Waals surface area contributed by atoms with E-state index < -0.39 is 0 Å². The number of rotatable bonds is 6. The van der Waals surface area contributed by atoms with Gasteiger partial charge in [0.25, 0.3) is 0 Å². The number of nitrogens with two attached hydrogens (primary N) is 1. The minimum Gasteiger partial charge on any atom is -0.383 e. The summed E-state index contributed by atoms with van der Waals surface area (Å²) in [7, 11) is 0. The summed E-state index contributed by atoms with van der Waals surface area (Å²) in [5.41, 5.74) is 7.23. The van der Waals surface area contributed by atoms with Crippen LogP contribution < -0.4 is 5.73 Å². The Morgan fingerprint density at radius 3 is 2.79 bits per heavy atom. The molecular formula is C22H32N6O. The van der Waals surface area contributed by atoms with Gasteiger partial charge in [-0.15, -0.1) is 0 Å². The minimum absolute atomic E-state index is 0.0158. The third kappa shape index (κ3) is 4.04. The molecule has 5 rings (SSSR count). The van der Waals surface area contributed by atoms with Crippen LogP contribution in [-0.2, 0) is 17.8 Å². The summed E-state index contributed by atoms with van der Waals surface area (Å²) in [6.45, 7) is 5.91. The third-order valence-corrected chi connectivity index (χ3v) is 7.03. The Bertz CT molecular complexity index is 795. The van der Waals surface area contributed by atoms with Gasteiger partial charge in [-0.05, 0) is 38.2 Å². The largest absolute Gasteiger partial charge is 0.383 e. The van der Waals surface area contributed by atoms with Crippen LogP contribution >= 0.6 is 0 Å². The Labute approximate surface area is 172 Å². The fraction of sp³-hybridized carbons (Fsp3) is 0.636. The SMILES string of the molecule is Nc1ncccc1CN1CCOC2(C[C@H]3CC[C@@H](C2)N3CCCn2ccnc2)C1. The molecule has 156 valence electrons. The maximum Gasteiger partial charge on any atom is 0.127 e. The van der Waals surface area contributed by atoms with Gasteiger partial charge in [0.2, 0.25) is 0 Å². The van der Waals surface area contributed by atoms with E-state index in [4.69, 9.17) is 10.5 Å². The van der Waals surface area contributed by atoms with Crippen LogP contribution in [0.15, 0.2) is 37.1 Å². The summed E-state index contributed by atoms with van der Waals surface area (Å²) in [4.78, 5) is 13.7. The smallest absolute Gasteiger partial charge is 0.127 e. The van der Waals surface area contributed by atoms with Crippen LogP contribution in [0.2, 0.25) is 0 Å². The highest BCUT2D eigenvalue weighted by molar-refractivity contribution is 5.38. The van der Waals surface area contributed by atoms with Crippen molar-refractivity contribution in [2.24, 2.45) is 0 Å². The van der Waals surface area contributed by atoms with E-state index in [1.165, 1.54) is 25.8 Å². The number of aryl methyl sites for hydroxylation is 1. The molecule has 2 aromatic rings. The molecule has 0 radical (unpaired) electrons. The first kappa shape index (κ1) is 19.0. The molecule has 5 heterocycles. The molecule has 2 aromatic heterocycles. The summed E-state index contributed by atoms with van der Waals surface area (Å²) in [5.74, 6) is 0.654. The molecule has 3 aliphatic rings. The predicted molar refractivity (Wildman–Crippen MR) is 112 cm³/mol. The van der Waals surface area contributed by atoms with E-state index in [0.717, 1.165) is 51.2 Å². The van der Waals surface area contributed by atoms with E-state index >= 15 is 0 Å². The average molecular weight is 397 g/mol. The van der Waals surface area contributed by atoms with Gasteiger partial charge in [0.05, 0.1) is 18.5 Å². The van der Waals surface area contributed by atoms with Gasteiger partial charge in [0.15, 0.2) is 0 Å². The van der Waals surface area contributed by atoms with Crippen molar-refractivity contribution in [3.8, 4) is 0 Å². The number of hydrogen-bond donors (Lipinski definition) is 1. The number of nitrogens with zero attached hydrogens (tertiary/aromatic N) is 5. The molecule has 7 nitrogen and oxygen atoms in total. The van der Waals surface area contributed by atoms with Gasteiger partial charge >= 0.3 is 0 Å². The molecule has 3 fully saturated rings. The second kappa shape index (κ2) is 8.05. The van der Waals surface area contributed by atoms with Crippen molar-refractivity contribution in [1.82, 2.24) is 24.3 Å². The highest BCUT2D eigenvalue weighted by atomic mass is 16.5. The molecular weight excluding hydrogens is 364 g/mol. The number of anilines is 1. The van der Waals surface area contributed by atoms with E-state index in [-0.39, 0.29) is 5.60 Å². The topological polar surface area (TPSA) is 72.4 Å². The van der Waals surface area contributed by atoms with Crippen molar-refractivity contribution >= 4 is 5.82 Å². The number of ether oxygens (including phenoxy) is 1. The average Bonchev–Trinajstić information content (AvgIpc) is 3.31. The lowest BCUT2D eigenvalue weighted by atomic mass is 9.84. The molecule has 0 amide bonds. The fourth-order valence-electron chi connectivity index (χ4n) is 5.75. The molecule has 1 unspecified atom stereocenters. The summed E-state index contributed by atoms with van der Waals surface area (Å²) in [5, 5.41) is 0. The quantitative estimate of drug-likeness (QED) is 0.807. The van der Waals surface area contributed by atoms with Gasteiger partial charge in [-0.3, -0.25) is 9.80 Å². The van der Waals surface area contributed by atoms with Gasteiger partial charge in [-0.1, -0.05) is 6.07 Å². The van der Waals surface area contributed by atoms with Gasteiger partial charge in [0.1, 0.15) is 5.82 Å². The normalized spacial score (nSPS) is 30.2. The minimum atomic E-state index is 0.0158. The molecule has 0 aromatic carbocycles. The van der Waals surface area contributed by atoms with Crippen LogP contribution in [0, 0.1) is 0 Å². The lowest BCUT2D eigenvalue weighted by molar-refractivity contribution is -0.151.